The van der Waals surface area contributed by atoms with Crippen LogP contribution in [0.2, 0.25) is 0 Å². The summed E-state index contributed by atoms with van der Waals surface area (Å²) in [6.45, 7) is 28.7. The Morgan fingerprint density at radius 3 is 1.02 bits per heavy atom. The Morgan fingerprint density at radius 2 is 0.737 bits per heavy atom. The fraction of sp³-hybridized carbons (Fsp3) is 0.455. The van der Waals surface area contributed by atoms with Gasteiger partial charge in [0, 0.05) is 49.7 Å². The van der Waals surface area contributed by atoms with E-state index in [0.717, 1.165) is 66.8 Å². The van der Waals surface area contributed by atoms with Crippen molar-refractivity contribution in [3.05, 3.63) is 212 Å². The van der Waals surface area contributed by atoms with E-state index in [9.17, 15) is 38.7 Å². The fourth-order valence-corrected chi connectivity index (χ4v) is 16.8. The second kappa shape index (κ2) is 35.9. The smallest absolute Gasteiger partial charge is 0.472 e. The van der Waals surface area contributed by atoms with E-state index in [2.05, 4.69) is 186 Å². The van der Waals surface area contributed by atoms with Crippen molar-refractivity contribution in [1.82, 2.24) is 39.0 Å². The summed E-state index contributed by atoms with van der Waals surface area (Å²) < 4.78 is 95.9. The Hall–Kier alpha value is -9.38. The summed E-state index contributed by atoms with van der Waals surface area (Å²) in [6.07, 6.45) is 1.93. The van der Waals surface area contributed by atoms with Gasteiger partial charge in [-0.15, -0.1) is 0 Å². The number of ether oxygens (including phenoxy) is 6. The number of aliphatic hydroxyl groups excluding tert-OH is 2. The Morgan fingerprint density at radius 1 is 0.441 bits per heavy atom. The molecular weight excluding hydrogens is 1550 g/mol. The Bertz CT molecular complexity index is 4940. The van der Waals surface area contributed by atoms with Crippen molar-refractivity contribution in [3.8, 4) is 23.0 Å². The number of amides is 2. The lowest BCUT2D eigenvalue weighted by molar-refractivity contribution is -0.0440. The molecule has 118 heavy (non-hydrogen) atoms. The molecule has 10 aromatic rings. The molecule has 3 aliphatic rings. The summed E-state index contributed by atoms with van der Waals surface area (Å²) in [5, 5.41) is 26.9. The lowest BCUT2D eigenvalue weighted by Crippen LogP contribution is -2.27. The van der Waals surface area contributed by atoms with Crippen LogP contribution >= 0.6 is 15.6 Å². The van der Waals surface area contributed by atoms with Gasteiger partial charge in [-0.25, -0.2) is 39.0 Å². The van der Waals surface area contributed by atoms with Crippen LogP contribution in [0.3, 0.4) is 0 Å². The minimum absolute atomic E-state index is 0.0158. The van der Waals surface area contributed by atoms with Crippen LogP contribution in [0.1, 0.15) is 223 Å². The maximum Gasteiger partial charge on any atom is 0.472 e. The first kappa shape index (κ1) is 86.5. The monoisotopic (exact) mass is 1650 g/mol. The molecular formula is C88H108N10O18P2. The number of phosphoric acid groups is 2. The normalized spacial score (nSPS) is 18.9. The summed E-state index contributed by atoms with van der Waals surface area (Å²) >= 11 is 0. The zero-order valence-electron chi connectivity index (χ0n) is 69.5. The number of nitrogens with one attached hydrogen (secondary N) is 2. The number of phosphoric ester groups is 2. The van der Waals surface area contributed by atoms with E-state index >= 15 is 0 Å². The molecule has 6 heterocycles. The van der Waals surface area contributed by atoms with Crippen molar-refractivity contribution in [2.75, 3.05) is 63.5 Å². The second-order valence-corrected chi connectivity index (χ2v) is 37.1. The summed E-state index contributed by atoms with van der Waals surface area (Å²) in [6, 6.07) is 34.9. The minimum Gasteiger partial charge on any atom is -0.493 e. The second-order valence-electron chi connectivity index (χ2n) is 34.3. The third kappa shape index (κ3) is 20.2. The van der Waals surface area contributed by atoms with Crippen molar-refractivity contribution in [2.45, 2.75) is 207 Å². The molecule has 8 atom stereocenters. The molecule has 2 saturated heterocycles. The van der Waals surface area contributed by atoms with Gasteiger partial charge in [-0.1, -0.05) is 182 Å². The zero-order valence-corrected chi connectivity index (χ0v) is 71.2. The number of rotatable bonds is 28. The van der Waals surface area contributed by atoms with E-state index in [4.69, 9.17) is 46.5 Å². The number of fused-ring (bicyclic) bond motifs is 10. The highest BCUT2D eigenvalue weighted by atomic mass is 31.2. The molecule has 1 aliphatic carbocycles. The summed E-state index contributed by atoms with van der Waals surface area (Å²) in [5.41, 5.74) is 11.4. The van der Waals surface area contributed by atoms with Gasteiger partial charge in [0.2, 0.25) is 0 Å². The van der Waals surface area contributed by atoms with Gasteiger partial charge < -0.3 is 59.1 Å². The number of anilines is 2. The lowest BCUT2D eigenvalue weighted by atomic mass is 9.79. The average molecular weight is 1660 g/mol. The molecule has 28 nitrogen and oxygen atoms in total. The highest BCUT2D eigenvalue weighted by molar-refractivity contribution is 7.47. The molecule has 4 aromatic heterocycles. The number of aliphatic hydroxyl groups is 2. The van der Waals surface area contributed by atoms with Crippen LogP contribution in [-0.4, -0.2) is 148 Å². The van der Waals surface area contributed by atoms with Crippen LogP contribution in [0.15, 0.2) is 135 Å². The van der Waals surface area contributed by atoms with Gasteiger partial charge in [0.15, 0.2) is 34.0 Å². The van der Waals surface area contributed by atoms with Crippen molar-refractivity contribution in [2.24, 2.45) is 0 Å². The SMILES string of the molecule is CCCOc1c2cc(C(C)(C)C)cc1Cc1cc(C(C)(C)C)cc(c1OCCOP(=O)(O)O[C@H]1C[C@H](n3cnc4c(NC(=O)c5ccccc5)ncnc43)O[C@@H]1CO)Cc1cc(C(C)(C)C)cc(c1OCCC)Cc1cc(C(C)(C)C)cc(c1OCCOP(=O)(O)O[C@H]1C[C@H](n3cnc4c(NC(=O)c5ccccc5)ncnc43)O[C@@H]1CO)C2. The van der Waals surface area contributed by atoms with Crippen molar-refractivity contribution >= 4 is 61.4 Å². The van der Waals surface area contributed by atoms with Gasteiger partial charge >= 0.3 is 15.6 Å². The third-order valence-corrected chi connectivity index (χ3v) is 23.3. The third-order valence-electron chi connectivity index (χ3n) is 21.2. The maximum atomic E-state index is 14.3. The van der Waals surface area contributed by atoms with Crippen molar-refractivity contribution in [3.63, 3.8) is 0 Å². The topological polar surface area (TPSA) is 353 Å². The number of imidazole rings is 2. The molecule has 2 unspecified atom stereocenters. The Balaban J connectivity index is 0.815. The first-order chi connectivity index (χ1) is 56.1. The lowest BCUT2D eigenvalue weighted by Gasteiger charge is -2.29. The van der Waals surface area contributed by atoms with Crippen LogP contribution in [0.4, 0.5) is 11.6 Å². The molecule has 30 heteroatoms. The molecule has 6 N–H and O–H groups in total. The largest absolute Gasteiger partial charge is 0.493 e. The van der Waals surface area contributed by atoms with Crippen LogP contribution in [0, 0.1) is 0 Å². The zero-order chi connectivity index (χ0) is 84.2. The van der Waals surface area contributed by atoms with Gasteiger partial charge in [0.05, 0.1) is 52.3 Å². The Kier molecular flexibility index (Phi) is 26.3. The van der Waals surface area contributed by atoms with Gasteiger partial charge in [-0.2, -0.15) is 0 Å². The predicted molar refractivity (Wildman–Crippen MR) is 446 cm³/mol. The molecule has 0 radical (unpaired) electrons. The van der Waals surface area contributed by atoms with Crippen LogP contribution < -0.4 is 29.6 Å². The van der Waals surface area contributed by atoms with Crippen LogP contribution in [-0.2, 0) is 84.0 Å². The maximum absolute atomic E-state index is 14.3. The molecule has 2 fully saturated rings. The first-order valence-electron chi connectivity index (χ1n) is 40.2. The molecule has 0 spiro atoms. The number of hydrogen-bond donors (Lipinski definition) is 6. The highest BCUT2D eigenvalue weighted by Crippen LogP contribution is 2.52. The predicted octanol–water partition coefficient (Wildman–Crippen LogP) is 15.6. The molecule has 0 saturated carbocycles. The fourth-order valence-electron chi connectivity index (χ4n) is 14.9. The number of carbonyl (C=O) groups is 2. The minimum atomic E-state index is -4.93. The van der Waals surface area contributed by atoms with Gasteiger partial charge in [-0.05, 0) is 126 Å². The number of benzene rings is 6. The van der Waals surface area contributed by atoms with E-state index < -0.39 is 102 Å². The van der Waals surface area contributed by atoms with Gasteiger partial charge in [0.1, 0.15) is 85.7 Å². The summed E-state index contributed by atoms with van der Waals surface area (Å²) in [7, 11) is -9.85. The van der Waals surface area contributed by atoms with E-state index in [1.807, 2.05) is 0 Å². The van der Waals surface area contributed by atoms with Gasteiger partial charge in [-0.3, -0.25) is 36.8 Å². The molecule has 2 amide bonds. The molecule has 8 bridgehead atoms. The van der Waals surface area contributed by atoms with Crippen LogP contribution in [0.5, 0.6) is 23.0 Å². The van der Waals surface area contributed by atoms with E-state index in [1.165, 1.54) is 25.3 Å². The highest BCUT2D eigenvalue weighted by Gasteiger charge is 2.44. The number of carbonyl (C=O) groups excluding carboxylic acids is 2. The van der Waals surface area contributed by atoms with E-state index in [0.29, 0.717) is 97.2 Å². The van der Waals surface area contributed by atoms with Crippen molar-refractivity contribution in [1.29, 1.82) is 0 Å². The quantitative estimate of drug-likeness (QED) is 0.0196. The van der Waals surface area contributed by atoms with Gasteiger partial charge in [0.25, 0.3) is 11.8 Å². The molecule has 2 aliphatic heterocycles. The Labute approximate surface area is 687 Å². The molecule has 628 valence electrons. The first-order valence-corrected chi connectivity index (χ1v) is 43.2. The molecule has 13 rings (SSSR count). The number of hydrogen-bond acceptors (Lipinski definition) is 22. The van der Waals surface area contributed by atoms with Crippen LogP contribution in [0.25, 0.3) is 22.3 Å². The average Bonchev–Trinajstić information content (AvgIpc) is 1.23. The standard InChI is InChI=1S/C88H108N10O18P2/c1-15-27-107-75-55-33-59-41-65(87(9,10)11)43-61(77(59)109-29-31-111-117(103,104)115-67-45-71(113-69(67)47-99)97-51-93-73-79(89-49-91-81(73)97)95-83(101)53-23-19-17-20-24-53)35-57-39-64(86(6,7)8)40-58(76(57)108-28-16-2)36-62-44-66(88(12,13)14)42-60(34-56(75)38-63(37-55)85(3,4)5)78(62)110-30-32-112-118(105,106)116-68-46-72(114-70(68)48-100)98-52-94-74-80(90-50-92-82(74)98)96-84(102)54-25-21-18-22-26-54/h17-26,37-44,49-52,67-72,99-100H,15-16,27-36,45-48H2,1-14H3,(H,103,104)(H,105,106)(H,89,91,95,101)(H,90,92,96,102)/t67-,68-,69+,70+,71+,72+/m0/s1. The summed E-state index contributed by atoms with van der Waals surface area (Å²) in [5.74, 6) is 1.98. The number of nitrogens with zero attached hydrogens (tertiary/aromatic N) is 8. The van der Waals surface area contributed by atoms with Crippen molar-refractivity contribution < 1.29 is 85.2 Å². The number of aromatic nitrogens is 8. The van der Waals surface area contributed by atoms with E-state index in [1.54, 1.807) is 69.8 Å². The molecule has 6 aromatic carbocycles. The van der Waals surface area contributed by atoms with E-state index in [-0.39, 0.29) is 59.6 Å². The summed E-state index contributed by atoms with van der Waals surface area (Å²) in [4.78, 5) is 76.0.